The number of ether oxygens (including phenoxy) is 2. The summed E-state index contributed by atoms with van der Waals surface area (Å²) in [5.41, 5.74) is 0.540. The molecule has 0 amide bonds. The highest BCUT2D eigenvalue weighted by molar-refractivity contribution is 5.80. The fraction of sp³-hybridized carbons (Fsp3) is 0.588. The predicted octanol–water partition coefficient (Wildman–Crippen LogP) is 2.57. The molecule has 21 heavy (non-hydrogen) atoms. The van der Waals surface area contributed by atoms with Crippen LogP contribution in [0.1, 0.15) is 32.3 Å². The smallest absolute Gasteiger partial charge is 0.328 e. The first kappa shape index (κ1) is 17.7. The van der Waals surface area contributed by atoms with Crippen molar-refractivity contribution in [3.8, 4) is 0 Å². The second-order valence-electron chi connectivity index (χ2n) is 5.39. The third kappa shape index (κ3) is 6.27. The van der Waals surface area contributed by atoms with Gasteiger partial charge in [-0.05, 0) is 38.3 Å². The molecule has 4 heteroatoms. The van der Waals surface area contributed by atoms with Crippen LogP contribution in [0.15, 0.2) is 30.3 Å². The summed E-state index contributed by atoms with van der Waals surface area (Å²) < 4.78 is 10.5. The molecule has 1 atom stereocenters. The number of hydrogen-bond donors (Lipinski definition) is 1. The number of methoxy groups -OCH3 is 1. The number of hydrogen-bond acceptors (Lipinski definition) is 4. The third-order valence-corrected chi connectivity index (χ3v) is 3.39. The minimum atomic E-state index is -0.766. The molecule has 0 fully saturated rings. The predicted molar refractivity (Wildman–Crippen MR) is 84.3 cm³/mol. The average molecular weight is 293 g/mol. The van der Waals surface area contributed by atoms with Crippen molar-refractivity contribution in [2.75, 3.05) is 26.9 Å². The number of carbonyl (C=O) groups excluding carboxylic acids is 1. The molecule has 1 rings (SSSR count). The van der Waals surface area contributed by atoms with Crippen molar-refractivity contribution in [2.24, 2.45) is 0 Å². The molecule has 1 aromatic carbocycles. The zero-order valence-electron chi connectivity index (χ0n) is 13.4. The molecule has 0 spiro atoms. The molecule has 1 N–H and O–H groups in total. The van der Waals surface area contributed by atoms with E-state index in [1.807, 2.05) is 25.1 Å². The molecule has 0 aliphatic heterocycles. The summed E-state index contributed by atoms with van der Waals surface area (Å²) in [6.45, 7) is 5.61. The van der Waals surface area contributed by atoms with Crippen molar-refractivity contribution in [3.05, 3.63) is 35.9 Å². The quantitative estimate of drug-likeness (QED) is 0.532. The Morgan fingerprint density at radius 3 is 2.62 bits per heavy atom. The molecule has 0 saturated carbocycles. The molecule has 0 radical (unpaired) electrons. The fourth-order valence-corrected chi connectivity index (χ4v) is 2.11. The van der Waals surface area contributed by atoms with Crippen molar-refractivity contribution in [2.45, 2.75) is 38.6 Å². The largest absolute Gasteiger partial charge is 0.468 e. The van der Waals surface area contributed by atoms with Gasteiger partial charge >= 0.3 is 5.97 Å². The van der Waals surface area contributed by atoms with E-state index in [-0.39, 0.29) is 5.97 Å². The number of benzene rings is 1. The van der Waals surface area contributed by atoms with Crippen LogP contribution >= 0.6 is 0 Å². The van der Waals surface area contributed by atoms with Crippen LogP contribution in [0.25, 0.3) is 0 Å². The molecular formula is C17H27NO3. The number of aryl methyl sites for hydroxylation is 1. The third-order valence-electron chi connectivity index (χ3n) is 3.39. The summed E-state index contributed by atoms with van der Waals surface area (Å²) in [5, 5.41) is 3.21. The van der Waals surface area contributed by atoms with Gasteiger partial charge in [-0.1, -0.05) is 37.3 Å². The number of rotatable bonds is 10. The van der Waals surface area contributed by atoms with Crippen LogP contribution in [-0.4, -0.2) is 38.4 Å². The van der Waals surface area contributed by atoms with E-state index in [1.54, 1.807) is 0 Å². The van der Waals surface area contributed by atoms with Crippen molar-refractivity contribution in [3.63, 3.8) is 0 Å². The normalized spacial score (nSPS) is 13.7. The maximum atomic E-state index is 11.9. The monoisotopic (exact) mass is 293 g/mol. The first-order chi connectivity index (χ1) is 10.1. The average Bonchev–Trinajstić information content (AvgIpc) is 2.52. The standard InChI is InChI=1S/C17H27NO3/c1-4-12-18-17(2,16(19)20-3)14-21-13-8-11-15-9-6-5-7-10-15/h5-7,9-10,18H,4,8,11-14H2,1-3H3. The van der Waals surface area contributed by atoms with E-state index in [1.165, 1.54) is 12.7 Å². The highest BCUT2D eigenvalue weighted by Gasteiger charge is 2.33. The topological polar surface area (TPSA) is 47.6 Å². The second kappa shape index (κ2) is 9.53. The lowest BCUT2D eigenvalue weighted by Gasteiger charge is -2.27. The summed E-state index contributed by atoms with van der Waals surface area (Å²) >= 11 is 0. The number of nitrogens with one attached hydrogen (secondary N) is 1. The van der Waals surface area contributed by atoms with Gasteiger partial charge in [-0.25, -0.2) is 4.79 Å². The van der Waals surface area contributed by atoms with Crippen molar-refractivity contribution >= 4 is 5.97 Å². The molecule has 0 aromatic heterocycles. The van der Waals surface area contributed by atoms with Gasteiger partial charge in [0.25, 0.3) is 0 Å². The molecule has 1 unspecified atom stereocenters. The minimum Gasteiger partial charge on any atom is -0.468 e. The van der Waals surface area contributed by atoms with E-state index >= 15 is 0 Å². The Morgan fingerprint density at radius 1 is 1.29 bits per heavy atom. The van der Waals surface area contributed by atoms with Crippen LogP contribution in [0.2, 0.25) is 0 Å². The van der Waals surface area contributed by atoms with Gasteiger partial charge in [0.2, 0.25) is 0 Å². The Bertz CT molecular complexity index is 408. The maximum Gasteiger partial charge on any atom is 0.328 e. The zero-order valence-corrected chi connectivity index (χ0v) is 13.4. The van der Waals surface area contributed by atoms with Gasteiger partial charge in [0.1, 0.15) is 5.54 Å². The van der Waals surface area contributed by atoms with E-state index in [2.05, 4.69) is 24.4 Å². The molecule has 118 valence electrons. The van der Waals surface area contributed by atoms with Gasteiger partial charge in [0.05, 0.1) is 13.7 Å². The highest BCUT2D eigenvalue weighted by atomic mass is 16.5. The van der Waals surface area contributed by atoms with E-state index in [0.717, 1.165) is 25.8 Å². The van der Waals surface area contributed by atoms with Crippen molar-refractivity contribution < 1.29 is 14.3 Å². The molecule has 0 saturated heterocycles. The SMILES string of the molecule is CCCNC(C)(COCCCc1ccccc1)C(=O)OC. The Hall–Kier alpha value is -1.39. The molecule has 4 nitrogen and oxygen atoms in total. The van der Waals surface area contributed by atoms with E-state index in [9.17, 15) is 4.79 Å². The van der Waals surface area contributed by atoms with Crippen molar-refractivity contribution in [1.29, 1.82) is 0 Å². The van der Waals surface area contributed by atoms with E-state index < -0.39 is 5.54 Å². The first-order valence-electron chi connectivity index (χ1n) is 7.57. The van der Waals surface area contributed by atoms with E-state index in [0.29, 0.717) is 13.2 Å². The molecule has 0 aliphatic carbocycles. The van der Waals surface area contributed by atoms with Crippen LogP contribution in [0, 0.1) is 0 Å². The Labute approximate surface area is 127 Å². The van der Waals surface area contributed by atoms with Gasteiger partial charge in [0, 0.05) is 6.61 Å². The Morgan fingerprint density at radius 2 is 2.00 bits per heavy atom. The van der Waals surface area contributed by atoms with Gasteiger partial charge in [-0.15, -0.1) is 0 Å². The molecule has 0 aliphatic rings. The number of esters is 1. The van der Waals surface area contributed by atoms with Crippen LogP contribution in [-0.2, 0) is 20.7 Å². The summed E-state index contributed by atoms with van der Waals surface area (Å²) in [6, 6.07) is 10.3. The minimum absolute atomic E-state index is 0.279. The summed E-state index contributed by atoms with van der Waals surface area (Å²) in [6.07, 6.45) is 2.88. The lowest BCUT2D eigenvalue weighted by molar-refractivity contribution is -0.150. The lowest BCUT2D eigenvalue weighted by Crippen LogP contribution is -2.54. The molecular weight excluding hydrogens is 266 g/mol. The summed E-state index contributed by atoms with van der Waals surface area (Å²) in [7, 11) is 1.41. The van der Waals surface area contributed by atoms with Gasteiger partial charge in [-0.2, -0.15) is 0 Å². The van der Waals surface area contributed by atoms with Crippen LogP contribution in [0.4, 0.5) is 0 Å². The molecule has 0 bridgehead atoms. The molecule has 0 heterocycles. The first-order valence-corrected chi connectivity index (χ1v) is 7.57. The van der Waals surface area contributed by atoms with Crippen molar-refractivity contribution in [1.82, 2.24) is 5.32 Å². The van der Waals surface area contributed by atoms with Crippen LogP contribution in [0.5, 0.6) is 0 Å². The van der Waals surface area contributed by atoms with Gasteiger partial charge in [-0.3, -0.25) is 0 Å². The van der Waals surface area contributed by atoms with Crippen LogP contribution in [0.3, 0.4) is 0 Å². The Balaban J connectivity index is 2.31. The van der Waals surface area contributed by atoms with E-state index in [4.69, 9.17) is 9.47 Å². The molecule has 1 aromatic rings. The highest BCUT2D eigenvalue weighted by Crippen LogP contribution is 2.09. The summed E-state index contributed by atoms with van der Waals surface area (Å²) in [5.74, 6) is -0.279. The zero-order chi connectivity index (χ0) is 15.6. The number of carbonyl (C=O) groups is 1. The maximum absolute atomic E-state index is 11.9. The second-order valence-corrected chi connectivity index (χ2v) is 5.39. The fourth-order valence-electron chi connectivity index (χ4n) is 2.11. The summed E-state index contributed by atoms with van der Waals surface area (Å²) in [4.78, 5) is 11.9. The van der Waals surface area contributed by atoms with Crippen LogP contribution < -0.4 is 5.32 Å². The van der Waals surface area contributed by atoms with Gasteiger partial charge in [0.15, 0.2) is 0 Å². The van der Waals surface area contributed by atoms with Gasteiger partial charge < -0.3 is 14.8 Å². The lowest BCUT2D eigenvalue weighted by atomic mass is 10.0. The Kier molecular flexibility index (Phi) is 8.01.